The van der Waals surface area contributed by atoms with Gasteiger partial charge in [-0.05, 0) is 250 Å². The minimum atomic E-state index is 0.866. The second kappa shape index (κ2) is 27.2. The Labute approximate surface area is 694 Å². The van der Waals surface area contributed by atoms with Crippen molar-refractivity contribution >= 4 is 163 Å². The van der Waals surface area contributed by atoms with Crippen molar-refractivity contribution in [1.82, 2.24) is 52.7 Å². The van der Waals surface area contributed by atoms with Crippen LogP contribution in [0.3, 0.4) is 0 Å². The zero-order chi connectivity index (χ0) is 79.3. The predicted octanol–water partition coefficient (Wildman–Crippen LogP) is 27.8. The smallest absolute Gasteiger partial charge is 0.135 e. The molecule has 0 fully saturated rings. The number of nitrogens with zero attached hydrogens (tertiary/aromatic N) is 11. The van der Waals surface area contributed by atoms with Crippen molar-refractivity contribution in [2.24, 2.45) is 0 Å². The van der Waals surface area contributed by atoms with E-state index in [4.69, 9.17) is 14.4 Å². The molecule has 0 spiro atoms. The Morgan fingerprint density at radius 3 is 1.02 bits per heavy atom. The van der Waals surface area contributed by atoms with Gasteiger partial charge in [0, 0.05) is 129 Å². The SMILES string of the molecule is c1cc(-c2cccc(-c3ccc4oc5ccc(-n6c7ccccc7c7ccccc76)cc5c4c3)c2)cc(-c2cc(-n3c4cnccc4c4ncccc43)cc(-n3c4cnccc4c4ncccc43)c2)c1.c1cc(-c2cccc(-n3c4cccnc4c4ncccc43)c2)cc(-c2ccc3sc4ccc(-n5c6ccccc6c6ccccc65)cc4c3c2)c1. The van der Waals surface area contributed by atoms with Crippen LogP contribution in [0.1, 0.15) is 0 Å². The van der Waals surface area contributed by atoms with E-state index in [1.165, 1.54) is 86.2 Å². The molecule has 13 aromatic heterocycles. The topological polar surface area (TPSA) is 115 Å². The molecule has 121 heavy (non-hydrogen) atoms. The number of rotatable bonds is 10. The summed E-state index contributed by atoms with van der Waals surface area (Å²) in [7, 11) is 0. The molecule has 0 aliphatic rings. The fraction of sp³-hybridized carbons (Fsp3) is 0. The molecule has 0 saturated carbocycles. The maximum atomic E-state index is 6.46. The highest BCUT2D eigenvalue weighted by molar-refractivity contribution is 7.25. The summed E-state index contributed by atoms with van der Waals surface area (Å²) < 4.78 is 20.6. The first kappa shape index (κ1) is 68.0. The Hall–Kier alpha value is -16.2. The lowest BCUT2D eigenvalue weighted by Gasteiger charge is -2.16. The van der Waals surface area contributed by atoms with E-state index < -0.39 is 0 Å². The standard InChI is InChI=1S/C62H37N7O.C46H28N4S/c1-3-15-53-47(13-1)48-14-2-4-16-54(48)67(53)44-20-22-60-52(35-44)51-33-42(19-21-59(51)70-60)40-11-5-9-38(29-40)39-10-6-12-41(30-39)43-31-45(68-55-17-7-25-65-61(55)49-23-27-63-36-57(49)68)34-46(32-43)69-56-18-8-26-66-62(56)50-24-28-64-37-58(50)69;1-3-15-39-35(13-1)36-14-2-4-16-40(36)49(39)34-20-22-44-38(28-34)37-27-32(19-21-43(37)51-44)30-10-5-9-29(25-30)31-11-6-12-33(26-31)50-41-17-7-23-47-45(41)46-42(50)18-8-24-48-46/h1-37H;1-28H. The number of aromatic nitrogens is 11. The molecule has 26 aromatic rings. The van der Waals surface area contributed by atoms with Crippen LogP contribution in [0, 0.1) is 0 Å². The molecule has 13 heterocycles. The molecule has 0 unspecified atom stereocenters. The quantitative estimate of drug-likeness (QED) is 0.134. The van der Waals surface area contributed by atoms with Crippen molar-refractivity contribution in [2.75, 3.05) is 0 Å². The summed E-state index contributed by atoms with van der Waals surface area (Å²) in [6.45, 7) is 0. The molecule has 0 bridgehead atoms. The van der Waals surface area contributed by atoms with E-state index in [0.717, 1.165) is 150 Å². The number of para-hydroxylation sites is 4. The molecule has 0 saturated heterocycles. The van der Waals surface area contributed by atoms with Crippen LogP contribution in [-0.2, 0) is 0 Å². The van der Waals surface area contributed by atoms with Gasteiger partial charge in [-0.2, -0.15) is 0 Å². The van der Waals surface area contributed by atoms with Gasteiger partial charge in [-0.15, -0.1) is 11.3 Å². The molecule has 13 heteroatoms. The molecule has 0 N–H and O–H groups in total. The number of hydrogen-bond donors (Lipinski definition) is 0. The van der Waals surface area contributed by atoms with E-state index in [1.807, 2.05) is 97.3 Å². The Kier molecular flexibility index (Phi) is 15.3. The van der Waals surface area contributed by atoms with Gasteiger partial charge in [-0.1, -0.05) is 152 Å². The lowest BCUT2D eigenvalue weighted by Crippen LogP contribution is -2.00. The Morgan fingerprint density at radius 2 is 0.521 bits per heavy atom. The normalized spacial score (nSPS) is 12.0. The Bertz CT molecular complexity index is 8390. The van der Waals surface area contributed by atoms with Crippen LogP contribution in [0.2, 0.25) is 0 Å². The summed E-state index contributed by atoms with van der Waals surface area (Å²) >= 11 is 1.86. The summed E-state index contributed by atoms with van der Waals surface area (Å²) in [6, 6.07) is 124. The molecule has 0 radical (unpaired) electrons. The van der Waals surface area contributed by atoms with Gasteiger partial charge in [0.05, 0.1) is 78.6 Å². The third-order valence-electron chi connectivity index (χ3n) is 24.3. The maximum absolute atomic E-state index is 6.46. The summed E-state index contributed by atoms with van der Waals surface area (Å²) in [5, 5.41) is 11.9. The third kappa shape index (κ3) is 10.9. The minimum Gasteiger partial charge on any atom is -0.456 e. The minimum absolute atomic E-state index is 0.866. The van der Waals surface area contributed by atoms with Crippen LogP contribution < -0.4 is 0 Å². The molecule has 0 amide bonds. The molecule has 0 atom stereocenters. The number of benzene rings is 13. The number of fused-ring (bicyclic) bond motifs is 21. The summed E-state index contributed by atoms with van der Waals surface area (Å²) in [5.41, 5.74) is 33.1. The summed E-state index contributed by atoms with van der Waals surface area (Å²) in [4.78, 5) is 28.2. The van der Waals surface area contributed by atoms with E-state index in [2.05, 4.69) is 352 Å². The van der Waals surface area contributed by atoms with Crippen molar-refractivity contribution in [3.05, 3.63) is 395 Å². The molecule has 0 aliphatic carbocycles. The van der Waals surface area contributed by atoms with Crippen LogP contribution >= 0.6 is 11.3 Å². The monoisotopic (exact) mass is 1560 g/mol. The molecular formula is C108H65N11OS. The fourth-order valence-electron chi connectivity index (χ4n) is 18.9. The highest BCUT2D eigenvalue weighted by Crippen LogP contribution is 2.45. The largest absolute Gasteiger partial charge is 0.456 e. The van der Waals surface area contributed by atoms with Crippen molar-refractivity contribution < 1.29 is 4.42 Å². The zero-order valence-electron chi connectivity index (χ0n) is 64.8. The van der Waals surface area contributed by atoms with E-state index in [0.29, 0.717) is 0 Å². The summed E-state index contributed by atoms with van der Waals surface area (Å²) in [5.74, 6) is 0. The molecule has 26 rings (SSSR count). The number of thiophene rings is 1. The van der Waals surface area contributed by atoms with Crippen LogP contribution in [0.5, 0.6) is 0 Å². The average molecular weight is 1560 g/mol. The van der Waals surface area contributed by atoms with Crippen LogP contribution in [0.25, 0.3) is 236 Å². The van der Waals surface area contributed by atoms with Crippen molar-refractivity contribution in [3.63, 3.8) is 0 Å². The zero-order valence-corrected chi connectivity index (χ0v) is 65.6. The van der Waals surface area contributed by atoms with Gasteiger partial charge in [-0.25, -0.2) is 0 Å². The maximum Gasteiger partial charge on any atom is 0.135 e. The molecular weight excluding hydrogens is 1500 g/mol. The van der Waals surface area contributed by atoms with Crippen LogP contribution in [0.15, 0.2) is 400 Å². The lowest BCUT2D eigenvalue weighted by atomic mass is 9.95. The molecule has 0 aliphatic heterocycles. The number of furan rings is 1. The predicted molar refractivity (Wildman–Crippen MR) is 499 cm³/mol. The van der Waals surface area contributed by atoms with Gasteiger partial charge in [0.25, 0.3) is 0 Å². The second-order valence-electron chi connectivity index (χ2n) is 31.0. The summed E-state index contributed by atoms with van der Waals surface area (Å²) in [6.07, 6.45) is 14.9. The van der Waals surface area contributed by atoms with E-state index in [9.17, 15) is 0 Å². The molecule has 13 aromatic carbocycles. The van der Waals surface area contributed by atoms with Gasteiger partial charge in [0.1, 0.15) is 22.2 Å². The van der Waals surface area contributed by atoms with Gasteiger partial charge in [-0.3, -0.25) is 29.9 Å². The first-order chi connectivity index (χ1) is 60.0. The van der Waals surface area contributed by atoms with E-state index >= 15 is 0 Å². The Morgan fingerprint density at radius 1 is 0.190 bits per heavy atom. The van der Waals surface area contributed by atoms with Gasteiger partial charge in [0.2, 0.25) is 0 Å². The highest BCUT2D eigenvalue weighted by atomic mass is 32.1. The average Bonchev–Trinajstić information content (AvgIpc) is 1.49. The fourth-order valence-corrected chi connectivity index (χ4v) is 20.0. The number of hydrogen-bond acceptors (Lipinski definition) is 8. The van der Waals surface area contributed by atoms with Crippen LogP contribution in [-0.4, -0.2) is 52.7 Å². The van der Waals surface area contributed by atoms with E-state index in [-0.39, 0.29) is 0 Å². The first-order valence-electron chi connectivity index (χ1n) is 40.6. The van der Waals surface area contributed by atoms with Gasteiger partial charge in [0.15, 0.2) is 0 Å². The van der Waals surface area contributed by atoms with Crippen molar-refractivity contribution in [3.8, 4) is 84.1 Å². The molecule has 12 nitrogen and oxygen atoms in total. The van der Waals surface area contributed by atoms with Crippen molar-refractivity contribution in [1.29, 1.82) is 0 Å². The Balaban J connectivity index is 0.000000140. The third-order valence-corrected chi connectivity index (χ3v) is 25.4. The lowest BCUT2D eigenvalue weighted by molar-refractivity contribution is 0.669. The van der Waals surface area contributed by atoms with Gasteiger partial charge < -0.3 is 27.3 Å². The van der Waals surface area contributed by atoms with Crippen LogP contribution in [0.4, 0.5) is 0 Å². The highest BCUT2D eigenvalue weighted by Gasteiger charge is 2.23. The first-order valence-corrected chi connectivity index (χ1v) is 41.4. The second-order valence-corrected chi connectivity index (χ2v) is 32.1. The number of pyridine rings is 6. The van der Waals surface area contributed by atoms with Gasteiger partial charge >= 0.3 is 0 Å². The molecule has 564 valence electrons. The van der Waals surface area contributed by atoms with Crippen molar-refractivity contribution in [2.45, 2.75) is 0 Å². The van der Waals surface area contributed by atoms with E-state index in [1.54, 1.807) is 0 Å².